The molecule has 0 bridgehead atoms. The summed E-state index contributed by atoms with van der Waals surface area (Å²) >= 11 is 0. The third-order valence-electron chi connectivity index (χ3n) is 18.6. The van der Waals surface area contributed by atoms with Crippen molar-refractivity contribution >= 4 is 83.8 Å². The number of nitrogens with zero attached hydrogens (tertiary/aromatic N) is 6. The number of rotatable bonds is 12. The summed E-state index contributed by atoms with van der Waals surface area (Å²) in [4.78, 5) is 18.2. The van der Waals surface area contributed by atoms with Crippen molar-refractivity contribution in [3.05, 3.63) is 213 Å². The Morgan fingerprint density at radius 3 is 1.22 bits per heavy atom. The molecule has 16 rings (SSSR count). The van der Waals surface area contributed by atoms with Crippen LogP contribution >= 0.6 is 62.0 Å². The molecule has 85 heavy (non-hydrogen) atoms. The topological polar surface area (TPSA) is 97.7 Å². The van der Waals surface area contributed by atoms with Gasteiger partial charge in [-0.3, -0.25) is 29.6 Å². The summed E-state index contributed by atoms with van der Waals surface area (Å²) in [6.07, 6.45) is 3.97. The third-order valence-corrected chi connectivity index (χ3v) is 18.6. The molecule has 19 heteroatoms. The smallest absolute Gasteiger partial charge is 0.263 e. The number of aromatic nitrogens is 2. The summed E-state index contributed by atoms with van der Waals surface area (Å²) in [5, 5.41) is 23.5. The predicted octanol–water partition coefficient (Wildman–Crippen LogP) is 12.3. The van der Waals surface area contributed by atoms with Crippen LogP contribution in [-0.2, 0) is 12.8 Å². The number of pyridine rings is 2. The monoisotopic (exact) mass is 1260 g/mol. The van der Waals surface area contributed by atoms with E-state index >= 15 is 17.6 Å². The van der Waals surface area contributed by atoms with Gasteiger partial charge in [-0.25, -0.2) is 17.6 Å². The Morgan fingerprint density at radius 1 is 0.435 bits per heavy atom. The number of hydrogen-bond donors (Lipinski definition) is 2. The molecule has 8 aliphatic rings. The van der Waals surface area contributed by atoms with Crippen molar-refractivity contribution < 1.29 is 37.2 Å². The summed E-state index contributed by atoms with van der Waals surface area (Å²) in [5.74, 6) is -6.71. The highest BCUT2D eigenvalue weighted by Crippen LogP contribution is 2.73. The second-order valence-corrected chi connectivity index (χ2v) is 23.3. The van der Waals surface area contributed by atoms with Crippen molar-refractivity contribution in [1.29, 1.82) is 0 Å². The summed E-state index contributed by atoms with van der Waals surface area (Å²) in [5.41, 5.74) is 14.2. The minimum Gasteiger partial charge on any atom is -0.490 e. The molecule has 2 N–H and O–H groups in total. The van der Waals surface area contributed by atoms with E-state index in [2.05, 4.69) is 66.0 Å². The lowest BCUT2D eigenvalue weighted by molar-refractivity contribution is 0.0399. The van der Waals surface area contributed by atoms with E-state index in [1.54, 1.807) is 12.4 Å². The van der Waals surface area contributed by atoms with E-state index in [-0.39, 0.29) is 87.3 Å². The minimum absolute atomic E-state index is 0. The fraction of sp³-hybridized carbons (Fsp3) is 0.364. The van der Waals surface area contributed by atoms with E-state index in [1.165, 1.54) is 11.1 Å². The Morgan fingerprint density at radius 2 is 0.824 bits per heavy atom. The molecule has 10 nitrogen and oxygen atoms in total. The number of benzene rings is 6. The molecule has 0 radical (unpaired) electrons. The zero-order chi connectivity index (χ0) is 54.0. The van der Waals surface area contributed by atoms with Crippen molar-refractivity contribution in [3.8, 4) is 11.5 Å². The number of β-amino-alcohol motifs (C(OH)–C–C–N with tert-alkyl or cyclic N) is 2. The quantitative estimate of drug-likeness (QED) is 0.115. The molecule has 2 aliphatic heterocycles. The van der Waals surface area contributed by atoms with Crippen LogP contribution in [0, 0.1) is 0 Å². The van der Waals surface area contributed by atoms with Crippen molar-refractivity contribution in [3.63, 3.8) is 0 Å². The van der Waals surface area contributed by atoms with Crippen molar-refractivity contribution in [2.45, 2.75) is 72.6 Å². The fourth-order valence-electron chi connectivity index (χ4n) is 14.5. The standard InChI is InChI=1S/2C33H31F2N3O2.5ClH/c2*34-33(35)30-22-5-1-2-6-23(22)32(25-11-10-20-17-26(20)29(25)31(30)33)38-15-13-37(14-16-38)18-21(39)19-40-28-9-3-8-27-24(28)7-4-12-36-27;;;;;/h2*1-12,21,30-32,39H,13-19H2;5*1H/t2*21-,30-,31+,32?;;;;;/m11...../s1. The van der Waals surface area contributed by atoms with Gasteiger partial charge < -0.3 is 19.7 Å². The fourth-order valence-corrected chi connectivity index (χ4v) is 14.5. The van der Waals surface area contributed by atoms with Gasteiger partial charge in [0.25, 0.3) is 11.8 Å². The predicted molar refractivity (Wildman–Crippen MR) is 335 cm³/mol. The second kappa shape index (κ2) is 24.7. The first-order valence-electron chi connectivity index (χ1n) is 28.5. The summed E-state index contributed by atoms with van der Waals surface area (Å²) in [6.45, 7) is 7.92. The Kier molecular flexibility index (Phi) is 18.2. The van der Waals surface area contributed by atoms with Crippen LogP contribution in [0.4, 0.5) is 17.6 Å². The maximum atomic E-state index is 15.2. The number of fused-ring (bicyclic) bond motifs is 16. The molecule has 8 atom stereocenters. The van der Waals surface area contributed by atoms with Crippen molar-refractivity contribution in [1.82, 2.24) is 29.6 Å². The van der Waals surface area contributed by atoms with E-state index in [1.807, 2.05) is 97.1 Å². The highest BCUT2D eigenvalue weighted by Gasteiger charge is 2.73. The van der Waals surface area contributed by atoms with Crippen molar-refractivity contribution in [2.24, 2.45) is 0 Å². The second-order valence-electron chi connectivity index (χ2n) is 23.3. The lowest BCUT2D eigenvalue weighted by Crippen LogP contribution is -2.50. The first kappa shape index (κ1) is 62.7. The van der Waals surface area contributed by atoms with Gasteiger partial charge in [-0.2, -0.15) is 0 Å². The van der Waals surface area contributed by atoms with E-state index in [4.69, 9.17) is 9.47 Å². The Bertz CT molecular complexity index is 3490. The minimum atomic E-state index is -2.67. The maximum absolute atomic E-state index is 15.2. The average Bonchev–Trinajstić information content (AvgIpc) is 1.52. The van der Waals surface area contributed by atoms with Crippen LogP contribution in [0.5, 0.6) is 11.5 Å². The van der Waals surface area contributed by atoms with Crippen LogP contribution < -0.4 is 9.47 Å². The number of aliphatic hydroxyl groups excluding tert-OH is 2. The van der Waals surface area contributed by atoms with E-state index in [0.717, 1.165) is 154 Å². The lowest BCUT2D eigenvalue weighted by Gasteiger charge is -2.41. The lowest BCUT2D eigenvalue weighted by atomic mass is 9.90. The Balaban J connectivity index is 0.000000179. The average molecular weight is 1260 g/mol. The number of piperazine rings is 2. The third kappa shape index (κ3) is 11.3. The summed E-state index contributed by atoms with van der Waals surface area (Å²) < 4.78 is 72.7. The van der Waals surface area contributed by atoms with Crippen LogP contribution in [0.15, 0.2) is 146 Å². The molecule has 2 aromatic heterocycles. The van der Waals surface area contributed by atoms with Crippen LogP contribution in [0.1, 0.15) is 103 Å². The summed E-state index contributed by atoms with van der Waals surface area (Å²) in [7, 11) is 0. The van der Waals surface area contributed by atoms with Gasteiger partial charge >= 0.3 is 0 Å². The van der Waals surface area contributed by atoms with Gasteiger partial charge in [0, 0.05) is 88.6 Å². The first-order valence-corrected chi connectivity index (χ1v) is 28.5. The number of ether oxygens (including phenoxy) is 2. The van der Waals surface area contributed by atoms with Gasteiger partial charge in [0.2, 0.25) is 0 Å². The molecular weight excluding hydrogens is 1190 g/mol. The zero-order valence-electron chi connectivity index (χ0n) is 46.3. The largest absolute Gasteiger partial charge is 0.490 e. The first-order chi connectivity index (χ1) is 39.0. The molecule has 4 fully saturated rings. The highest BCUT2D eigenvalue weighted by atomic mass is 35.5. The molecule has 4 heterocycles. The van der Waals surface area contributed by atoms with Gasteiger partial charge in [-0.1, -0.05) is 84.9 Å². The Hall–Kier alpha value is -5.33. The molecule has 0 amide bonds. The molecule has 0 spiro atoms. The van der Waals surface area contributed by atoms with E-state index < -0.39 is 47.7 Å². The van der Waals surface area contributed by atoms with E-state index in [0.29, 0.717) is 13.1 Å². The number of alkyl halides is 4. The number of hydrogen-bond acceptors (Lipinski definition) is 10. The van der Waals surface area contributed by atoms with Gasteiger partial charge in [-0.05, 0) is 128 Å². The molecule has 6 aromatic carbocycles. The molecule has 2 saturated heterocycles. The molecule has 448 valence electrons. The maximum Gasteiger partial charge on any atom is 0.263 e. The Labute approximate surface area is 523 Å². The van der Waals surface area contributed by atoms with Crippen LogP contribution in [0.25, 0.3) is 21.8 Å². The van der Waals surface area contributed by atoms with Gasteiger partial charge in [0.1, 0.15) is 36.9 Å². The van der Waals surface area contributed by atoms with Gasteiger partial charge in [0.05, 0.1) is 46.8 Å². The van der Waals surface area contributed by atoms with Crippen LogP contribution in [0.2, 0.25) is 0 Å². The number of aliphatic hydroxyl groups is 2. The molecule has 8 aromatic rings. The number of halogens is 9. The molecule has 2 unspecified atom stereocenters. The highest BCUT2D eigenvalue weighted by molar-refractivity contribution is 5.87. The molecular formula is C66H67Cl5F4N6O4. The van der Waals surface area contributed by atoms with Crippen LogP contribution in [-0.4, -0.2) is 142 Å². The SMILES string of the molecule is Cl.Cl.Cl.Cl.Cl.O[C@@H](COc1cccc2ncccc12)CN1CCN(C2c3ccccc3[C@@H]3[C@H](c4c2ccc2c4C2)C3(F)F)CC1.O[C@@H](COc1cccc2ncccc12)CN1CCN(C2c3ccccc3[C@@H]3[C@H](c4c2ccc2c4C2)C3(F)F)CC1. The van der Waals surface area contributed by atoms with E-state index in [9.17, 15) is 10.2 Å². The van der Waals surface area contributed by atoms with Gasteiger partial charge in [0.15, 0.2) is 0 Å². The summed E-state index contributed by atoms with van der Waals surface area (Å²) in [6, 6.07) is 43.5. The molecule has 6 aliphatic carbocycles. The molecule has 2 saturated carbocycles. The van der Waals surface area contributed by atoms with Crippen LogP contribution in [0.3, 0.4) is 0 Å². The normalized spacial score (nSPS) is 23.7. The van der Waals surface area contributed by atoms with Crippen molar-refractivity contribution in [2.75, 3.05) is 78.7 Å². The zero-order valence-corrected chi connectivity index (χ0v) is 50.4. The van der Waals surface area contributed by atoms with Gasteiger partial charge in [-0.15, -0.1) is 62.0 Å².